The third-order valence-electron chi connectivity index (χ3n) is 5.29. The van der Waals surface area contributed by atoms with Crippen LogP contribution in [0.15, 0.2) is 38.8 Å². The lowest BCUT2D eigenvalue weighted by molar-refractivity contribution is -0.113. The molecule has 10 heteroatoms. The van der Waals surface area contributed by atoms with E-state index in [-0.39, 0.29) is 16.6 Å². The number of benzene rings is 1. The number of anilines is 1. The fourth-order valence-corrected chi connectivity index (χ4v) is 6.01. The zero-order valence-electron chi connectivity index (χ0n) is 17.1. The van der Waals surface area contributed by atoms with Crippen molar-refractivity contribution in [3.05, 3.63) is 30.2 Å². The predicted molar refractivity (Wildman–Crippen MR) is 114 cm³/mol. The van der Waals surface area contributed by atoms with Gasteiger partial charge in [0.05, 0.1) is 10.6 Å². The van der Waals surface area contributed by atoms with E-state index >= 15 is 0 Å². The third kappa shape index (κ3) is 5.04. The Bertz CT molecular complexity index is 992. The van der Waals surface area contributed by atoms with E-state index < -0.39 is 10.0 Å². The van der Waals surface area contributed by atoms with Gasteiger partial charge in [-0.2, -0.15) is 4.31 Å². The standard InChI is InChI=1S/C20H26N4O4S2/c1-13-9-14(2)11-24(10-13)30(26,27)17-7-5-16(6-8-17)21-18(25)12-29-20-23-22-19(28-20)15-3-4-15/h5-8,13-15H,3-4,9-12H2,1-2H3,(H,21,25)/t13-,14-/m1/s1. The highest BCUT2D eigenvalue weighted by atomic mass is 32.2. The first-order chi connectivity index (χ1) is 14.3. The molecule has 1 aromatic heterocycles. The third-order valence-corrected chi connectivity index (χ3v) is 7.95. The number of sulfonamides is 1. The molecule has 1 saturated heterocycles. The summed E-state index contributed by atoms with van der Waals surface area (Å²) in [6.07, 6.45) is 3.20. The number of hydrogen-bond acceptors (Lipinski definition) is 7. The Kier molecular flexibility index (Phi) is 6.17. The number of carbonyl (C=O) groups is 1. The quantitative estimate of drug-likeness (QED) is 0.645. The summed E-state index contributed by atoms with van der Waals surface area (Å²) in [6.45, 7) is 5.24. The molecule has 0 bridgehead atoms. The molecule has 1 saturated carbocycles. The van der Waals surface area contributed by atoms with Gasteiger partial charge in [-0.1, -0.05) is 25.6 Å². The summed E-state index contributed by atoms with van der Waals surface area (Å²) in [5.74, 6) is 1.63. The maximum absolute atomic E-state index is 12.9. The van der Waals surface area contributed by atoms with E-state index in [9.17, 15) is 13.2 Å². The molecule has 1 aromatic carbocycles. The number of piperidine rings is 1. The Morgan fingerprint density at radius 1 is 1.17 bits per heavy atom. The van der Waals surface area contributed by atoms with Gasteiger partial charge < -0.3 is 9.73 Å². The first-order valence-corrected chi connectivity index (χ1v) is 12.6. The van der Waals surface area contributed by atoms with Crippen molar-refractivity contribution >= 4 is 33.4 Å². The van der Waals surface area contributed by atoms with Gasteiger partial charge in [-0.15, -0.1) is 10.2 Å². The summed E-state index contributed by atoms with van der Waals surface area (Å²) < 4.78 is 33.0. The Balaban J connectivity index is 1.32. The molecule has 2 atom stereocenters. The molecule has 2 aromatic rings. The molecule has 2 fully saturated rings. The molecule has 0 radical (unpaired) electrons. The fourth-order valence-electron chi connectivity index (χ4n) is 3.76. The van der Waals surface area contributed by atoms with Crippen LogP contribution < -0.4 is 5.32 Å². The van der Waals surface area contributed by atoms with E-state index in [2.05, 4.69) is 29.4 Å². The van der Waals surface area contributed by atoms with E-state index in [4.69, 9.17) is 4.42 Å². The van der Waals surface area contributed by atoms with Crippen LogP contribution in [0, 0.1) is 11.8 Å². The minimum atomic E-state index is -3.53. The van der Waals surface area contributed by atoms with Crippen molar-refractivity contribution in [2.45, 2.75) is 49.1 Å². The smallest absolute Gasteiger partial charge is 0.277 e. The largest absolute Gasteiger partial charge is 0.416 e. The normalized spacial score (nSPS) is 22.7. The van der Waals surface area contributed by atoms with Crippen molar-refractivity contribution in [1.82, 2.24) is 14.5 Å². The zero-order chi connectivity index (χ0) is 21.3. The highest BCUT2D eigenvalue weighted by Gasteiger charge is 2.32. The second kappa shape index (κ2) is 8.68. The Labute approximate surface area is 180 Å². The van der Waals surface area contributed by atoms with Crippen molar-refractivity contribution in [3.63, 3.8) is 0 Å². The Morgan fingerprint density at radius 3 is 2.47 bits per heavy atom. The zero-order valence-corrected chi connectivity index (χ0v) is 18.7. The van der Waals surface area contributed by atoms with Crippen LogP contribution in [0.5, 0.6) is 0 Å². The minimum Gasteiger partial charge on any atom is -0.416 e. The predicted octanol–water partition coefficient (Wildman–Crippen LogP) is 3.34. The van der Waals surface area contributed by atoms with E-state index in [0.29, 0.717) is 47.6 Å². The van der Waals surface area contributed by atoms with Gasteiger partial charge in [0.1, 0.15) is 0 Å². The van der Waals surface area contributed by atoms with Gasteiger partial charge in [0, 0.05) is 24.7 Å². The number of amides is 1. The first-order valence-electron chi connectivity index (χ1n) is 10.2. The lowest BCUT2D eigenvalue weighted by atomic mass is 9.94. The molecular weight excluding hydrogens is 424 g/mol. The lowest BCUT2D eigenvalue weighted by Gasteiger charge is -2.34. The van der Waals surface area contributed by atoms with Gasteiger partial charge in [-0.05, 0) is 55.4 Å². The van der Waals surface area contributed by atoms with Gasteiger partial charge in [0.25, 0.3) is 5.22 Å². The number of nitrogens with zero attached hydrogens (tertiary/aromatic N) is 3. The van der Waals surface area contributed by atoms with Crippen molar-refractivity contribution in [2.24, 2.45) is 11.8 Å². The number of rotatable bonds is 7. The van der Waals surface area contributed by atoms with Gasteiger partial charge in [0.2, 0.25) is 21.8 Å². The maximum atomic E-state index is 12.9. The van der Waals surface area contributed by atoms with Crippen LogP contribution in [-0.4, -0.2) is 47.7 Å². The van der Waals surface area contributed by atoms with E-state index in [1.807, 2.05) is 0 Å². The number of hydrogen-bond donors (Lipinski definition) is 1. The molecule has 162 valence electrons. The van der Waals surface area contributed by atoms with Gasteiger partial charge >= 0.3 is 0 Å². The average Bonchev–Trinajstić information content (AvgIpc) is 3.44. The summed E-state index contributed by atoms with van der Waals surface area (Å²) in [6, 6.07) is 6.32. The molecule has 8 nitrogen and oxygen atoms in total. The molecule has 2 heterocycles. The lowest BCUT2D eigenvalue weighted by Crippen LogP contribution is -2.42. The highest BCUT2D eigenvalue weighted by molar-refractivity contribution is 7.99. The van der Waals surface area contributed by atoms with Crippen molar-refractivity contribution in [1.29, 1.82) is 0 Å². The van der Waals surface area contributed by atoms with Gasteiger partial charge in [-0.25, -0.2) is 8.42 Å². The average molecular weight is 451 g/mol. The van der Waals surface area contributed by atoms with Crippen molar-refractivity contribution in [2.75, 3.05) is 24.2 Å². The Morgan fingerprint density at radius 2 is 1.83 bits per heavy atom. The summed E-state index contributed by atoms with van der Waals surface area (Å²) in [7, 11) is -3.53. The van der Waals surface area contributed by atoms with Crippen LogP contribution in [0.4, 0.5) is 5.69 Å². The molecule has 0 unspecified atom stereocenters. The number of nitrogens with one attached hydrogen (secondary N) is 1. The number of thioether (sulfide) groups is 1. The summed E-state index contributed by atoms with van der Waals surface area (Å²) >= 11 is 1.19. The van der Waals surface area contributed by atoms with E-state index in [1.54, 1.807) is 28.6 Å². The van der Waals surface area contributed by atoms with Crippen LogP contribution in [-0.2, 0) is 14.8 Å². The second-order valence-corrected chi connectivity index (χ2v) is 11.2. The molecule has 1 aliphatic heterocycles. The van der Waals surface area contributed by atoms with Crippen molar-refractivity contribution in [3.8, 4) is 0 Å². The monoisotopic (exact) mass is 450 g/mol. The number of carbonyl (C=O) groups excluding carboxylic acids is 1. The molecule has 2 aliphatic rings. The summed E-state index contributed by atoms with van der Waals surface area (Å²) in [4.78, 5) is 12.4. The molecule has 1 aliphatic carbocycles. The van der Waals surface area contributed by atoms with Crippen LogP contribution in [0.25, 0.3) is 0 Å². The molecule has 0 spiro atoms. The molecule has 4 rings (SSSR count). The molecule has 30 heavy (non-hydrogen) atoms. The van der Waals surface area contributed by atoms with Crippen molar-refractivity contribution < 1.29 is 17.6 Å². The van der Waals surface area contributed by atoms with Crippen LogP contribution >= 0.6 is 11.8 Å². The first kappa shape index (κ1) is 21.3. The molecule has 1 amide bonds. The van der Waals surface area contributed by atoms with Gasteiger partial charge in [0.15, 0.2) is 0 Å². The van der Waals surface area contributed by atoms with E-state index in [1.165, 1.54) is 11.8 Å². The summed E-state index contributed by atoms with van der Waals surface area (Å²) in [5, 5.41) is 11.1. The SMILES string of the molecule is C[C@@H]1C[C@@H](C)CN(S(=O)(=O)c2ccc(NC(=O)CSc3nnc(C4CC4)o3)cc2)C1. The molecular formula is C20H26N4O4S2. The fraction of sp³-hybridized carbons (Fsp3) is 0.550. The molecule has 1 N–H and O–H groups in total. The van der Waals surface area contributed by atoms with E-state index in [0.717, 1.165) is 19.3 Å². The van der Waals surface area contributed by atoms with Crippen LogP contribution in [0.1, 0.15) is 44.9 Å². The maximum Gasteiger partial charge on any atom is 0.277 e. The topological polar surface area (TPSA) is 105 Å². The van der Waals surface area contributed by atoms with Gasteiger partial charge in [-0.3, -0.25) is 4.79 Å². The van der Waals surface area contributed by atoms with Crippen LogP contribution in [0.3, 0.4) is 0 Å². The minimum absolute atomic E-state index is 0.135. The Hall–Kier alpha value is -1.91. The van der Waals surface area contributed by atoms with Crippen LogP contribution in [0.2, 0.25) is 0 Å². The highest BCUT2D eigenvalue weighted by Crippen LogP contribution is 2.39. The number of aromatic nitrogens is 2. The second-order valence-electron chi connectivity index (χ2n) is 8.31. The summed E-state index contributed by atoms with van der Waals surface area (Å²) in [5.41, 5.74) is 0.545.